The van der Waals surface area contributed by atoms with E-state index in [4.69, 9.17) is 0 Å². The molecule has 2 unspecified atom stereocenters. The number of aryl methyl sites for hydroxylation is 1. The second-order valence-electron chi connectivity index (χ2n) is 5.02. The number of rotatable bonds is 7. The third-order valence-electron chi connectivity index (χ3n) is 3.39. The quantitative estimate of drug-likeness (QED) is 0.782. The molecule has 3 heteroatoms. The van der Waals surface area contributed by atoms with Crippen molar-refractivity contribution in [3.8, 4) is 0 Å². The molecule has 0 fully saturated rings. The van der Waals surface area contributed by atoms with E-state index in [9.17, 15) is 15.0 Å². The molecule has 0 saturated heterocycles. The summed E-state index contributed by atoms with van der Waals surface area (Å²) in [5.74, 6) is -1.60. The number of carboxylic acids is 1. The number of aliphatic hydroxyl groups is 1. The molecule has 0 heterocycles. The first-order valence-electron chi connectivity index (χ1n) is 6.46. The van der Waals surface area contributed by atoms with Gasteiger partial charge in [0.2, 0.25) is 0 Å². The molecule has 0 aromatic heterocycles. The van der Waals surface area contributed by atoms with E-state index in [0.717, 1.165) is 12.0 Å². The third kappa shape index (κ3) is 4.15. The average molecular weight is 250 g/mol. The fraction of sp³-hybridized carbons (Fsp3) is 0.533. The van der Waals surface area contributed by atoms with E-state index in [1.807, 2.05) is 37.3 Å². The summed E-state index contributed by atoms with van der Waals surface area (Å²) < 4.78 is 0. The van der Waals surface area contributed by atoms with Crippen LogP contribution in [0.2, 0.25) is 0 Å². The van der Waals surface area contributed by atoms with Crippen LogP contribution in [-0.2, 0) is 11.2 Å². The van der Waals surface area contributed by atoms with Gasteiger partial charge in [-0.25, -0.2) is 0 Å². The zero-order valence-corrected chi connectivity index (χ0v) is 11.1. The maximum absolute atomic E-state index is 11.2. The molecule has 3 nitrogen and oxygen atoms in total. The molecule has 18 heavy (non-hydrogen) atoms. The molecular weight excluding hydrogens is 228 g/mol. The minimum absolute atomic E-state index is 0.466. The molecule has 0 aliphatic carbocycles. The Bertz CT molecular complexity index is 371. The minimum Gasteiger partial charge on any atom is -0.481 e. The Morgan fingerprint density at radius 3 is 2.44 bits per heavy atom. The lowest BCUT2D eigenvalue weighted by atomic mass is 9.81. The minimum atomic E-state index is -1.16. The summed E-state index contributed by atoms with van der Waals surface area (Å²) >= 11 is 0. The molecule has 100 valence electrons. The summed E-state index contributed by atoms with van der Waals surface area (Å²) in [5, 5.41) is 19.5. The fourth-order valence-electron chi connectivity index (χ4n) is 2.21. The van der Waals surface area contributed by atoms with Gasteiger partial charge in [-0.2, -0.15) is 0 Å². The highest BCUT2D eigenvalue weighted by Crippen LogP contribution is 2.27. The van der Waals surface area contributed by atoms with Crippen LogP contribution < -0.4 is 0 Å². The molecule has 0 saturated carbocycles. The van der Waals surface area contributed by atoms with Gasteiger partial charge in [0.15, 0.2) is 0 Å². The first kappa shape index (κ1) is 14.7. The van der Waals surface area contributed by atoms with Crippen molar-refractivity contribution >= 4 is 5.97 Å². The Hall–Kier alpha value is -1.35. The van der Waals surface area contributed by atoms with E-state index < -0.39 is 17.5 Å². The van der Waals surface area contributed by atoms with Crippen molar-refractivity contribution in [2.75, 3.05) is 0 Å². The Morgan fingerprint density at radius 1 is 1.33 bits per heavy atom. The smallest absolute Gasteiger partial charge is 0.309 e. The molecule has 0 bridgehead atoms. The molecule has 1 rings (SSSR count). The Balaban J connectivity index is 2.65. The van der Waals surface area contributed by atoms with Crippen LogP contribution in [0.15, 0.2) is 30.3 Å². The zero-order valence-electron chi connectivity index (χ0n) is 11.1. The van der Waals surface area contributed by atoms with Crippen molar-refractivity contribution in [1.82, 2.24) is 0 Å². The Kier molecular flexibility index (Phi) is 5.35. The van der Waals surface area contributed by atoms with Gasteiger partial charge in [-0.1, -0.05) is 43.7 Å². The highest BCUT2D eigenvalue weighted by molar-refractivity contribution is 5.71. The van der Waals surface area contributed by atoms with Gasteiger partial charge in [0.1, 0.15) is 0 Å². The van der Waals surface area contributed by atoms with E-state index >= 15 is 0 Å². The lowest BCUT2D eigenvalue weighted by Gasteiger charge is -2.30. The number of hydrogen-bond acceptors (Lipinski definition) is 2. The molecular formula is C15H22O3. The third-order valence-corrected chi connectivity index (χ3v) is 3.39. The summed E-state index contributed by atoms with van der Waals surface area (Å²) in [6, 6.07) is 9.83. The van der Waals surface area contributed by atoms with E-state index in [-0.39, 0.29) is 0 Å². The zero-order chi connectivity index (χ0) is 13.6. The van der Waals surface area contributed by atoms with Gasteiger partial charge in [-0.05, 0) is 31.7 Å². The SMILES string of the molecule is CCCC(C(=O)O)C(C)(O)CCc1ccccc1. The van der Waals surface area contributed by atoms with Crippen LogP contribution in [0.1, 0.15) is 38.7 Å². The maximum atomic E-state index is 11.2. The maximum Gasteiger partial charge on any atom is 0.309 e. The molecule has 0 radical (unpaired) electrons. The molecule has 0 spiro atoms. The summed E-state index contributed by atoms with van der Waals surface area (Å²) in [6.07, 6.45) is 2.44. The summed E-state index contributed by atoms with van der Waals surface area (Å²) in [4.78, 5) is 11.2. The predicted octanol–water partition coefficient (Wildman–Crippen LogP) is 2.87. The molecule has 2 N–H and O–H groups in total. The first-order chi connectivity index (χ1) is 8.47. The van der Waals surface area contributed by atoms with Gasteiger partial charge in [-0.15, -0.1) is 0 Å². The topological polar surface area (TPSA) is 57.5 Å². The van der Waals surface area contributed by atoms with Gasteiger partial charge in [0.05, 0.1) is 11.5 Å². The van der Waals surface area contributed by atoms with Crippen LogP contribution in [0.25, 0.3) is 0 Å². The standard InChI is InChI=1S/C15H22O3/c1-3-7-13(14(16)17)15(2,18)11-10-12-8-5-4-6-9-12/h4-6,8-9,13,18H,3,7,10-11H2,1-2H3,(H,16,17). The number of carboxylic acid groups (broad SMARTS) is 1. The summed E-state index contributed by atoms with van der Waals surface area (Å²) in [7, 11) is 0. The van der Waals surface area contributed by atoms with Gasteiger partial charge in [0.25, 0.3) is 0 Å². The predicted molar refractivity (Wildman–Crippen MR) is 71.4 cm³/mol. The molecule has 0 aliphatic rings. The number of hydrogen-bond donors (Lipinski definition) is 2. The second-order valence-corrected chi connectivity index (χ2v) is 5.02. The van der Waals surface area contributed by atoms with Crippen molar-refractivity contribution in [2.45, 2.75) is 45.1 Å². The van der Waals surface area contributed by atoms with Crippen LogP contribution in [0.4, 0.5) is 0 Å². The van der Waals surface area contributed by atoms with Crippen LogP contribution >= 0.6 is 0 Å². The van der Waals surface area contributed by atoms with Gasteiger partial charge in [-0.3, -0.25) is 4.79 Å². The molecule has 0 aliphatic heterocycles. The van der Waals surface area contributed by atoms with Crippen molar-refractivity contribution in [3.63, 3.8) is 0 Å². The highest BCUT2D eigenvalue weighted by atomic mass is 16.4. The normalized spacial score (nSPS) is 15.9. The number of benzene rings is 1. The van der Waals surface area contributed by atoms with E-state index in [1.165, 1.54) is 0 Å². The largest absolute Gasteiger partial charge is 0.481 e. The van der Waals surface area contributed by atoms with Crippen molar-refractivity contribution in [3.05, 3.63) is 35.9 Å². The van der Waals surface area contributed by atoms with Crippen LogP contribution in [0.3, 0.4) is 0 Å². The molecule has 1 aromatic carbocycles. The molecule has 1 aromatic rings. The summed E-state index contributed by atoms with van der Waals surface area (Å²) in [5.41, 5.74) is -0.0315. The highest BCUT2D eigenvalue weighted by Gasteiger charge is 2.36. The second kappa shape index (κ2) is 6.55. The monoisotopic (exact) mass is 250 g/mol. The molecule has 2 atom stereocenters. The average Bonchev–Trinajstić information content (AvgIpc) is 2.34. The van der Waals surface area contributed by atoms with Gasteiger partial charge in [0, 0.05) is 0 Å². The van der Waals surface area contributed by atoms with Crippen molar-refractivity contribution in [2.24, 2.45) is 5.92 Å². The van der Waals surface area contributed by atoms with Crippen molar-refractivity contribution in [1.29, 1.82) is 0 Å². The van der Waals surface area contributed by atoms with Gasteiger partial charge < -0.3 is 10.2 Å². The van der Waals surface area contributed by atoms with Crippen LogP contribution in [-0.4, -0.2) is 21.8 Å². The van der Waals surface area contributed by atoms with E-state index in [0.29, 0.717) is 19.3 Å². The number of aliphatic carboxylic acids is 1. The van der Waals surface area contributed by atoms with Crippen LogP contribution in [0, 0.1) is 5.92 Å². The van der Waals surface area contributed by atoms with Gasteiger partial charge >= 0.3 is 5.97 Å². The Labute approximate surface area is 108 Å². The summed E-state index contributed by atoms with van der Waals surface area (Å²) in [6.45, 7) is 3.56. The lowest BCUT2D eigenvalue weighted by molar-refractivity contribution is -0.152. The van der Waals surface area contributed by atoms with Crippen LogP contribution in [0.5, 0.6) is 0 Å². The Morgan fingerprint density at radius 2 is 1.94 bits per heavy atom. The first-order valence-corrected chi connectivity index (χ1v) is 6.46. The fourth-order valence-corrected chi connectivity index (χ4v) is 2.21. The number of carbonyl (C=O) groups is 1. The molecule has 0 amide bonds. The van der Waals surface area contributed by atoms with E-state index in [2.05, 4.69) is 0 Å². The lowest BCUT2D eigenvalue weighted by Crippen LogP contribution is -2.40. The van der Waals surface area contributed by atoms with Crippen molar-refractivity contribution < 1.29 is 15.0 Å². The van der Waals surface area contributed by atoms with E-state index in [1.54, 1.807) is 6.92 Å².